The van der Waals surface area contributed by atoms with Crippen molar-refractivity contribution in [2.24, 2.45) is 0 Å². The molecule has 3 heteroatoms. The van der Waals surface area contributed by atoms with Crippen molar-refractivity contribution >= 4 is 10.9 Å². The second-order valence-corrected chi connectivity index (χ2v) is 5.08. The number of benzene rings is 1. The molecule has 18 heavy (non-hydrogen) atoms. The molecule has 1 aromatic heterocycles. The molecule has 1 unspecified atom stereocenters. The number of hydrogen-bond donors (Lipinski definition) is 2. The van der Waals surface area contributed by atoms with E-state index < -0.39 is 0 Å². The van der Waals surface area contributed by atoms with Crippen molar-refractivity contribution in [2.45, 2.75) is 32.2 Å². The maximum atomic E-state index is 5.43. The van der Waals surface area contributed by atoms with Crippen molar-refractivity contribution in [3.8, 4) is 5.75 Å². The molecule has 3 rings (SSSR count). The number of H-pyrrole nitrogens is 1. The van der Waals surface area contributed by atoms with Crippen molar-refractivity contribution in [2.75, 3.05) is 13.7 Å². The van der Waals surface area contributed by atoms with Gasteiger partial charge < -0.3 is 15.0 Å². The lowest BCUT2D eigenvalue weighted by Gasteiger charge is -2.23. The number of aryl methyl sites for hydroxylation is 1. The molecule has 0 radical (unpaired) electrons. The Bertz CT molecular complexity index is 553. The largest absolute Gasteiger partial charge is 0.495 e. The number of fused-ring (bicyclic) bond motifs is 1. The van der Waals surface area contributed by atoms with Gasteiger partial charge in [-0.15, -0.1) is 0 Å². The van der Waals surface area contributed by atoms with Crippen LogP contribution >= 0.6 is 0 Å². The summed E-state index contributed by atoms with van der Waals surface area (Å²) in [6, 6.07) is 4.66. The van der Waals surface area contributed by atoms with E-state index in [0.29, 0.717) is 6.04 Å². The average Bonchev–Trinajstić information content (AvgIpc) is 2.86. The predicted molar refractivity (Wildman–Crippen MR) is 74.2 cm³/mol. The molecule has 1 atom stereocenters. The van der Waals surface area contributed by atoms with Gasteiger partial charge in [0.25, 0.3) is 0 Å². The van der Waals surface area contributed by atoms with E-state index in [-0.39, 0.29) is 0 Å². The van der Waals surface area contributed by atoms with Crippen LogP contribution in [0.5, 0.6) is 5.75 Å². The van der Waals surface area contributed by atoms with Gasteiger partial charge >= 0.3 is 0 Å². The average molecular weight is 244 g/mol. The molecule has 1 aromatic carbocycles. The van der Waals surface area contributed by atoms with Crippen LogP contribution in [0.1, 0.15) is 36.4 Å². The van der Waals surface area contributed by atoms with E-state index in [1.54, 1.807) is 7.11 Å². The molecule has 1 fully saturated rings. The molecule has 96 valence electrons. The summed E-state index contributed by atoms with van der Waals surface area (Å²) in [5.74, 6) is 0.928. The van der Waals surface area contributed by atoms with Crippen LogP contribution in [0.15, 0.2) is 18.3 Å². The standard InChI is InChI=1S/C15H20N2O/c1-10-6-7-13(18-2)15-14(10)11(9-17-15)12-5-3-4-8-16-12/h6-7,9,12,16-17H,3-5,8H2,1-2H3. The third-order valence-electron chi connectivity index (χ3n) is 3.94. The van der Waals surface area contributed by atoms with E-state index >= 15 is 0 Å². The normalized spacial score (nSPS) is 20.2. The third-order valence-corrected chi connectivity index (χ3v) is 3.94. The summed E-state index contributed by atoms with van der Waals surface area (Å²) in [6.45, 7) is 3.29. The highest BCUT2D eigenvalue weighted by molar-refractivity contribution is 5.91. The fourth-order valence-corrected chi connectivity index (χ4v) is 2.99. The number of ether oxygens (including phenoxy) is 1. The van der Waals surface area contributed by atoms with E-state index in [1.165, 1.54) is 35.8 Å². The van der Waals surface area contributed by atoms with Gasteiger partial charge in [-0.25, -0.2) is 0 Å². The number of aromatic amines is 1. The minimum atomic E-state index is 0.485. The Balaban J connectivity index is 2.12. The second kappa shape index (κ2) is 4.65. The van der Waals surface area contributed by atoms with Crippen molar-refractivity contribution in [1.82, 2.24) is 10.3 Å². The first-order chi connectivity index (χ1) is 8.81. The molecule has 0 amide bonds. The van der Waals surface area contributed by atoms with Gasteiger partial charge in [-0.2, -0.15) is 0 Å². The topological polar surface area (TPSA) is 37.0 Å². The third kappa shape index (κ3) is 1.79. The van der Waals surface area contributed by atoms with Gasteiger partial charge in [-0.3, -0.25) is 0 Å². The summed E-state index contributed by atoms with van der Waals surface area (Å²) < 4.78 is 5.43. The Morgan fingerprint density at radius 1 is 1.28 bits per heavy atom. The van der Waals surface area contributed by atoms with Crippen LogP contribution in [0, 0.1) is 6.92 Å². The smallest absolute Gasteiger partial charge is 0.142 e. The molecule has 0 aliphatic carbocycles. The Hall–Kier alpha value is -1.48. The number of hydrogen-bond acceptors (Lipinski definition) is 2. The number of piperidine rings is 1. The number of methoxy groups -OCH3 is 1. The van der Waals surface area contributed by atoms with Crippen molar-refractivity contribution in [1.29, 1.82) is 0 Å². The molecule has 1 saturated heterocycles. The monoisotopic (exact) mass is 244 g/mol. The predicted octanol–water partition coefficient (Wildman–Crippen LogP) is 3.30. The van der Waals surface area contributed by atoms with E-state index in [9.17, 15) is 0 Å². The number of aromatic nitrogens is 1. The van der Waals surface area contributed by atoms with Crippen LogP contribution in [0.25, 0.3) is 10.9 Å². The fraction of sp³-hybridized carbons (Fsp3) is 0.467. The summed E-state index contributed by atoms with van der Waals surface area (Å²) in [7, 11) is 1.73. The maximum absolute atomic E-state index is 5.43. The molecule has 1 aliphatic rings. The molecule has 2 heterocycles. The van der Waals surface area contributed by atoms with Crippen LogP contribution in [-0.4, -0.2) is 18.6 Å². The van der Waals surface area contributed by atoms with Gasteiger partial charge in [-0.05, 0) is 43.5 Å². The summed E-state index contributed by atoms with van der Waals surface area (Å²) >= 11 is 0. The van der Waals surface area contributed by atoms with Crippen molar-refractivity contribution in [3.63, 3.8) is 0 Å². The lowest BCUT2D eigenvalue weighted by Crippen LogP contribution is -2.26. The highest BCUT2D eigenvalue weighted by Gasteiger charge is 2.20. The molecule has 0 bridgehead atoms. The van der Waals surface area contributed by atoms with E-state index in [4.69, 9.17) is 4.74 Å². The van der Waals surface area contributed by atoms with E-state index in [1.807, 2.05) is 6.07 Å². The molecular weight excluding hydrogens is 224 g/mol. The first-order valence-electron chi connectivity index (χ1n) is 6.69. The lowest BCUT2D eigenvalue weighted by atomic mass is 9.95. The lowest BCUT2D eigenvalue weighted by molar-refractivity contribution is 0.414. The molecular formula is C15H20N2O. The summed E-state index contributed by atoms with van der Waals surface area (Å²) in [6.07, 6.45) is 5.97. The SMILES string of the molecule is COc1ccc(C)c2c(C3CCCCN3)c[nH]c12. The summed E-state index contributed by atoms with van der Waals surface area (Å²) in [5, 5.41) is 4.95. The minimum absolute atomic E-state index is 0.485. The molecule has 1 aliphatic heterocycles. The highest BCUT2D eigenvalue weighted by Crippen LogP contribution is 2.35. The van der Waals surface area contributed by atoms with Crippen LogP contribution < -0.4 is 10.1 Å². The van der Waals surface area contributed by atoms with E-state index in [0.717, 1.165) is 17.8 Å². The van der Waals surface area contributed by atoms with Gasteiger partial charge in [0.2, 0.25) is 0 Å². The first-order valence-corrected chi connectivity index (χ1v) is 6.69. The molecule has 0 spiro atoms. The Labute approximate surface area is 108 Å². The summed E-state index contributed by atoms with van der Waals surface area (Å²) in [5.41, 5.74) is 3.83. The number of nitrogens with one attached hydrogen (secondary N) is 2. The van der Waals surface area contributed by atoms with Gasteiger partial charge in [0.1, 0.15) is 5.75 Å². The van der Waals surface area contributed by atoms with Crippen molar-refractivity contribution < 1.29 is 4.74 Å². The molecule has 0 saturated carbocycles. The number of rotatable bonds is 2. The molecule has 3 nitrogen and oxygen atoms in total. The van der Waals surface area contributed by atoms with E-state index in [2.05, 4.69) is 29.5 Å². The Morgan fingerprint density at radius 2 is 2.17 bits per heavy atom. The zero-order valence-electron chi connectivity index (χ0n) is 11.0. The second-order valence-electron chi connectivity index (χ2n) is 5.08. The van der Waals surface area contributed by atoms with Gasteiger partial charge in [0.05, 0.1) is 12.6 Å². The zero-order chi connectivity index (χ0) is 12.5. The minimum Gasteiger partial charge on any atom is -0.495 e. The fourth-order valence-electron chi connectivity index (χ4n) is 2.99. The Kier molecular flexibility index (Phi) is 3.00. The highest BCUT2D eigenvalue weighted by atomic mass is 16.5. The maximum Gasteiger partial charge on any atom is 0.142 e. The molecule has 2 N–H and O–H groups in total. The first kappa shape index (κ1) is 11.6. The van der Waals surface area contributed by atoms with Crippen LogP contribution in [-0.2, 0) is 0 Å². The van der Waals surface area contributed by atoms with Crippen LogP contribution in [0.2, 0.25) is 0 Å². The zero-order valence-corrected chi connectivity index (χ0v) is 11.0. The van der Waals surface area contributed by atoms with Crippen LogP contribution in [0.4, 0.5) is 0 Å². The Morgan fingerprint density at radius 3 is 2.89 bits per heavy atom. The molecule has 2 aromatic rings. The summed E-state index contributed by atoms with van der Waals surface area (Å²) in [4.78, 5) is 3.38. The van der Waals surface area contributed by atoms with Crippen LogP contribution in [0.3, 0.4) is 0 Å². The van der Waals surface area contributed by atoms with Gasteiger partial charge in [0, 0.05) is 17.6 Å². The quantitative estimate of drug-likeness (QED) is 0.850. The van der Waals surface area contributed by atoms with Gasteiger partial charge in [0.15, 0.2) is 0 Å². The van der Waals surface area contributed by atoms with Crippen molar-refractivity contribution in [3.05, 3.63) is 29.5 Å². The van der Waals surface area contributed by atoms with Gasteiger partial charge in [-0.1, -0.05) is 12.5 Å².